The number of thioether (sulfide) groups is 1. The van der Waals surface area contributed by atoms with Gasteiger partial charge in [-0.1, -0.05) is 67.8 Å². The summed E-state index contributed by atoms with van der Waals surface area (Å²) in [5, 5.41) is 0. The zero-order valence-corrected chi connectivity index (χ0v) is 17.9. The highest BCUT2D eigenvalue weighted by atomic mass is 32.2. The summed E-state index contributed by atoms with van der Waals surface area (Å²) in [6, 6.07) is 16.2. The van der Waals surface area contributed by atoms with Crippen LogP contribution in [-0.4, -0.2) is 22.8 Å². The van der Waals surface area contributed by atoms with Crippen LogP contribution in [-0.2, 0) is 15.3 Å². The van der Waals surface area contributed by atoms with Crippen molar-refractivity contribution in [3.05, 3.63) is 75.7 Å². The standard InChI is InChI=1S/C25H27NO2S/c1-17-13-14-20(15-18(17)2)22-23(29-16-19-9-5-3-6-10-19)25(28)26(24(22)27)21-11-7-4-8-12-21/h3,5-6,9-10,13-15,21H,4,7-8,11-12,16H2,1-2H3. The number of aryl methyl sites for hydroxylation is 2. The molecule has 1 aliphatic heterocycles. The van der Waals surface area contributed by atoms with Crippen molar-refractivity contribution in [3.63, 3.8) is 0 Å². The summed E-state index contributed by atoms with van der Waals surface area (Å²) in [6.45, 7) is 4.12. The molecule has 0 saturated heterocycles. The number of imide groups is 1. The van der Waals surface area contributed by atoms with E-state index >= 15 is 0 Å². The van der Waals surface area contributed by atoms with Gasteiger partial charge in [0.25, 0.3) is 11.8 Å². The highest BCUT2D eigenvalue weighted by Gasteiger charge is 2.43. The van der Waals surface area contributed by atoms with Crippen molar-refractivity contribution in [2.45, 2.75) is 57.7 Å². The topological polar surface area (TPSA) is 37.4 Å². The Balaban J connectivity index is 1.70. The Kier molecular flexibility index (Phi) is 5.91. The number of hydrogen-bond donors (Lipinski definition) is 0. The predicted molar refractivity (Wildman–Crippen MR) is 119 cm³/mol. The van der Waals surface area contributed by atoms with Crippen LogP contribution in [0, 0.1) is 13.8 Å². The molecule has 1 saturated carbocycles. The Labute approximate surface area is 177 Å². The molecule has 0 unspecified atom stereocenters. The summed E-state index contributed by atoms with van der Waals surface area (Å²) >= 11 is 1.50. The van der Waals surface area contributed by atoms with Crippen molar-refractivity contribution in [3.8, 4) is 0 Å². The van der Waals surface area contributed by atoms with E-state index in [1.807, 2.05) is 36.4 Å². The minimum Gasteiger partial charge on any atom is -0.271 e. The molecule has 4 rings (SSSR count). The maximum Gasteiger partial charge on any atom is 0.268 e. The van der Waals surface area contributed by atoms with Gasteiger partial charge in [0.05, 0.1) is 10.5 Å². The quantitative estimate of drug-likeness (QED) is 0.603. The molecule has 0 N–H and O–H groups in total. The van der Waals surface area contributed by atoms with Crippen LogP contribution in [0.4, 0.5) is 0 Å². The fourth-order valence-corrected chi connectivity index (χ4v) is 5.29. The minimum atomic E-state index is -0.110. The van der Waals surface area contributed by atoms with Crippen LogP contribution in [0.3, 0.4) is 0 Å². The maximum atomic E-state index is 13.5. The van der Waals surface area contributed by atoms with Crippen molar-refractivity contribution in [1.82, 2.24) is 4.90 Å². The summed E-state index contributed by atoms with van der Waals surface area (Å²) in [5.74, 6) is 0.471. The molecule has 2 aromatic carbocycles. The van der Waals surface area contributed by atoms with E-state index in [0.29, 0.717) is 16.2 Å². The first-order chi connectivity index (χ1) is 14.1. The lowest BCUT2D eigenvalue weighted by Crippen LogP contribution is -2.42. The molecule has 2 aromatic rings. The lowest BCUT2D eigenvalue weighted by molar-refractivity contribution is -0.139. The van der Waals surface area contributed by atoms with Gasteiger partial charge in [0.15, 0.2) is 0 Å². The fraction of sp³-hybridized carbons (Fsp3) is 0.360. The van der Waals surface area contributed by atoms with Crippen molar-refractivity contribution < 1.29 is 9.59 Å². The van der Waals surface area contributed by atoms with Gasteiger partial charge in [0.2, 0.25) is 0 Å². The number of nitrogens with zero attached hydrogens (tertiary/aromatic N) is 1. The van der Waals surface area contributed by atoms with E-state index in [4.69, 9.17) is 0 Å². The van der Waals surface area contributed by atoms with Crippen LogP contribution >= 0.6 is 11.8 Å². The number of hydrogen-bond acceptors (Lipinski definition) is 3. The molecule has 0 spiro atoms. The minimum absolute atomic E-state index is 0.0418. The van der Waals surface area contributed by atoms with Crippen molar-refractivity contribution in [2.24, 2.45) is 0 Å². The van der Waals surface area contributed by atoms with Gasteiger partial charge >= 0.3 is 0 Å². The second kappa shape index (κ2) is 8.58. The van der Waals surface area contributed by atoms with E-state index in [-0.39, 0.29) is 17.9 Å². The van der Waals surface area contributed by atoms with Crippen LogP contribution in [0.1, 0.15) is 54.4 Å². The van der Waals surface area contributed by atoms with Gasteiger partial charge in [0, 0.05) is 11.8 Å². The average Bonchev–Trinajstić information content (AvgIpc) is 2.99. The van der Waals surface area contributed by atoms with Gasteiger partial charge in [-0.15, -0.1) is 11.8 Å². The highest BCUT2D eigenvalue weighted by molar-refractivity contribution is 8.03. The summed E-state index contributed by atoms with van der Waals surface area (Å²) in [6.07, 6.45) is 5.22. The van der Waals surface area contributed by atoms with Crippen LogP contribution in [0.15, 0.2) is 53.4 Å². The smallest absolute Gasteiger partial charge is 0.268 e. The monoisotopic (exact) mass is 405 g/mol. The zero-order chi connectivity index (χ0) is 20.4. The fourth-order valence-electron chi connectivity index (χ4n) is 4.21. The summed E-state index contributed by atoms with van der Waals surface area (Å²) in [4.78, 5) is 29.0. The molecule has 1 aliphatic carbocycles. The summed E-state index contributed by atoms with van der Waals surface area (Å²) in [5.41, 5.74) is 4.93. The Morgan fingerprint density at radius 2 is 1.62 bits per heavy atom. The third-order valence-corrected chi connectivity index (χ3v) is 7.18. The molecule has 0 bridgehead atoms. The number of rotatable bonds is 5. The molecule has 150 valence electrons. The maximum absolute atomic E-state index is 13.5. The Hall–Kier alpha value is -2.33. The van der Waals surface area contributed by atoms with E-state index in [1.54, 1.807) is 4.90 Å². The molecule has 3 nitrogen and oxygen atoms in total. The number of amides is 2. The number of carbonyl (C=O) groups is 2. The number of benzene rings is 2. The SMILES string of the molecule is Cc1ccc(C2=C(SCc3ccccc3)C(=O)N(C3CCCCC3)C2=O)cc1C. The van der Waals surface area contributed by atoms with E-state index in [0.717, 1.165) is 42.4 Å². The van der Waals surface area contributed by atoms with E-state index in [1.165, 1.54) is 23.7 Å². The molecule has 0 atom stereocenters. The molecule has 1 fully saturated rings. The normalized spacial score (nSPS) is 18.1. The lowest BCUT2D eigenvalue weighted by atomic mass is 9.94. The molecule has 4 heteroatoms. The molecule has 2 amide bonds. The Morgan fingerprint density at radius 1 is 0.897 bits per heavy atom. The van der Waals surface area contributed by atoms with Crippen LogP contribution < -0.4 is 0 Å². The van der Waals surface area contributed by atoms with E-state index < -0.39 is 0 Å². The third-order valence-electron chi connectivity index (χ3n) is 6.03. The molecular formula is C25H27NO2S. The molecular weight excluding hydrogens is 378 g/mol. The molecule has 2 aliphatic rings. The highest BCUT2D eigenvalue weighted by Crippen LogP contribution is 2.40. The van der Waals surface area contributed by atoms with Gasteiger partial charge < -0.3 is 0 Å². The second-order valence-electron chi connectivity index (χ2n) is 8.05. The summed E-state index contributed by atoms with van der Waals surface area (Å²) < 4.78 is 0. The Bertz CT molecular complexity index is 958. The van der Waals surface area contributed by atoms with Gasteiger partial charge in [-0.3, -0.25) is 14.5 Å². The summed E-state index contributed by atoms with van der Waals surface area (Å²) in [7, 11) is 0. The lowest BCUT2D eigenvalue weighted by Gasteiger charge is -2.30. The van der Waals surface area contributed by atoms with Crippen LogP contribution in [0.25, 0.3) is 5.57 Å². The van der Waals surface area contributed by atoms with Crippen molar-refractivity contribution >= 4 is 29.1 Å². The van der Waals surface area contributed by atoms with E-state index in [9.17, 15) is 9.59 Å². The van der Waals surface area contributed by atoms with Crippen LogP contribution in [0.2, 0.25) is 0 Å². The first-order valence-electron chi connectivity index (χ1n) is 10.4. The largest absolute Gasteiger partial charge is 0.271 e. The van der Waals surface area contributed by atoms with Gasteiger partial charge in [-0.05, 0) is 48.9 Å². The number of carbonyl (C=O) groups excluding carboxylic acids is 2. The van der Waals surface area contributed by atoms with Gasteiger partial charge in [-0.25, -0.2) is 0 Å². The Morgan fingerprint density at radius 3 is 2.31 bits per heavy atom. The van der Waals surface area contributed by atoms with Gasteiger partial charge in [0.1, 0.15) is 0 Å². The molecule has 1 heterocycles. The molecule has 0 radical (unpaired) electrons. The van der Waals surface area contributed by atoms with Crippen LogP contribution in [0.5, 0.6) is 0 Å². The first-order valence-corrected chi connectivity index (χ1v) is 11.4. The third kappa shape index (κ3) is 4.04. The molecule has 0 aromatic heterocycles. The van der Waals surface area contributed by atoms with Crippen molar-refractivity contribution in [2.75, 3.05) is 0 Å². The van der Waals surface area contributed by atoms with E-state index in [2.05, 4.69) is 26.0 Å². The van der Waals surface area contributed by atoms with Crippen molar-refractivity contribution in [1.29, 1.82) is 0 Å². The second-order valence-corrected chi connectivity index (χ2v) is 9.04. The molecule has 29 heavy (non-hydrogen) atoms. The van der Waals surface area contributed by atoms with Gasteiger partial charge in [-0.2, -0.15) is 0 Å². The zero-order valence-electron chi connectivity index (χ0n) is 17.1. The predicted octanol–water partition coefficient (Wildman–Crippen LogP) is 5.65. The first kappa shape index (κ1) is 20.0. The average molecular weight is 406 g/mol.